The summed E-state index contributed by atoms with van der Waals surface area (Å²) in [5.41, 5.74) is -0.217. The van der Waals surface area contributed by atoms with Crippen LogP contribution in [0.4, 0.5) is 4.79 Å². The van der Waals surface area contributed by atoms with Crippen LogP contribution >= 0.6 is 0 Å². The van der Waals surface area contributed by atoms with Crippen LogP contribution in [0.5, 0.6) is 0 Å². The first-order chi connectivity index (χ1) is 21.3. The van der Waals surface area contributed by atoms with E-state index in [9.17, 15) is 27.6 Å². The van der Waals surface area contributed by atoms with Gasteiger partial charge in [-0.15, -0.1) is 0 Å². The molecule has 1 aliphatic carbocycles. The summed E-state index contributed by atoms with van der Waals surface area (Å²) in [4.78, 5) is 55.4. The average Bonchev–Trinajstić information content (AvgIpc) is 3.43. The van der Waals surface area contributed by atoms with Crippen molar-refractivity contribution < 1.29 is 32.3 Å². The molecule has 45 heavy (non-hydrogen) atoms. The van der Waals surface area contributed by atoms with Gasteiger partial charge in [0.2, 0.25) is 11.8 Å². The number of ether oxygens (including phenoxy) is 1. The van der Waals surface area contributed by atoms with Crippen molar-refractivity contribution in [2.45, 2.75) is 108 Å². The largest absolute Gasteiger partial charge is 0.444 e. The lowest BCUT2D eigenvalue weighted by atomic mass is 10.0. The van der Waals surface area contributed by atoms with Crippen LogP contribution in [0.15, 0.2) is 36.4 Å². The number of carbonyl (C=O) groups excluding carboxylic acids is 4. The van der Waals surface area contributed by atoms with Gasteiger partial charge in [-0.25, -0.2) is 9.52 Å². The number of carbonyl (C=O) groups is 4. The summed E-state index contributed by atoms with van der Waals surface area (Å²) in [6, 6.07) is 5.90. The molecule has 12 nitrogen and oxygen atoms in total. The number of nitrogens with zero attached hydrogens (tertiary/aromatic N) is 2. The normalized spacial score (nSPS) is 28.0. The number of fused-ring (bicyclic) bond motifs is 3. The Morgan fingerprint density at radius 3 is 2.53 bits per heavy atom. The van der Waals surface area contributed by atoms with E-state index in [0.29, 0.717) is 38.6 Å². The van der Waals surface area contributed by atoms with E-state index in [1.807, 2.05) is 36.4 Å². The molecule has 4 amide bonds. The second-order valence-electron chi connectivity index (χ2n) is 13.5. The standard InChI is InChI=1S/C32H45N5O7S/c1-31(2,3)44-30(41)33-25-15-8-6-4-5-7-14-24-20-32(24,34-27(38)26-16-11-18-37(26)28(25)39)29(40)35-45(42,43)36-19-17-22-12-9-10-13-23(22)21-36/h7,9-10,12-14,24-26H,4-6,8,11,15-21H2,1-3H3,(H,33,41)(H,34,38)(H,35,40)/t24-,25+,26+,32-/m1/s1. The molecule has 0 spiro atoms. The molecule has 4 aliphatic rings. The molecule has 1 aromatic rings. The predicted molar refractivity (Wildman–Crippen MR) is 167 cm³/mol. The smallest absolute Gasteiger partial charge is 0.408 e. The Morgan fingerprint density at radius 1 is 1.02 bits per heavy atom. The summed E-state index contributed by atoms with van der Waals surface area (Å²) in [5, 5.41) is 5.58. The average molecular weight is 644 g/mol. The first kappa shape index (κ1) is 32.9. The van der Waals surface area contributed by atoms with E-state index in [2.05, 4.69) is 15.4 Å². The molecule has 0 bridgehead atoms. The molecule has 3 N–H and O–H groups in total. The fourth-order valence-electron chi connectivity index (χ4n) is 6.49. The maximum atomic E-state index is 13.8. The molecule has 1 saturated carbocycles. The van der Waals surface area contributed by atoms with Crippen molar-refractivity contribution in [3.8, 4) is 0 Å². The lowest BCUT2D eigenvalue weighted by Crippen LogP contribution is -2.59. The molecule has 1 saturated heterocycles. The summed E-state index contributed by atoms with van der Waals surface area (Å²) in [7, 11) is -4.19. The number of benzene rings is 1. The van der Waals surface area contributed by atoms with Gasteiger partial charge >= 0.3 is 16.3 Å². The van der Waals surface area contributed by atoms with Crippen LogP contribution in [-0.2, 0) is 42.3 Å². The first-order valence-electron chi connectivity index (χ1n) is 16.0. The second kappa shape index (κ2) is 13.1. The molecule has 4 atom stereocenters. The van der Waals surface area contributed by atoms with Crippen LogP contribution < -0.4 is 15.4 Å². The molecule has 3 heterocycles. The van der Waals surface area contributed by atoms with E-state index >= 15 is 0 Å². The third kappa shape index (κ3) is 7.69. The molecule has 246 valence electrons. The van der Waals surface area contributed by atoms with Gasteiger partial charge in [-0.1, -0.05) is 49.3 Å². The van der Waals surface area contributed by atoms with Gasteiger partial charge in [-0.3, -0.25) is 14.4 Å². The number of alkyl carbamates (subject to hydrolysis) is 1. The highest BCUT2D eigenvalue weighted by molar-refractivity contribution is 7.87. The van der Waals surface area contributed by atoms with Crippen molar-refractivity contribution in [3.63, 3.8) is 0 Å². The van der Waals surface area contributed by atoms with Gasteiger partial charge in [0.05, 0.1) is 0 Å². The maximum Gasteiger partial charge on any atom is 0.408 e. The summed E-state index contributed by atoms with van der Waals surface area (Å²) in [6.07, 6.45) is 8.38. The highest BCUT2D eigenvalue weighted by Gasteiger charge is 2.61. The summed E-state index contributed by atoms with van der Waals surface area (Å²) >= 11 is 0. The lowest BCUT2D eigenvalue weighted by Gasteiger charge is -2.31. The zero-order chi connectivity index (χ0) is 32.4. The van der Waals surface area contributed by atoms with Crippen molar-refractivity contribution >= 4 is 34.0 Å². The van der Waals surface area contributed by atoms with E-state index in [4.69, 9.17) is 4.74 Å². The van der Waals surface area contributed by atoms with Gasteiger partial charge in [0.25, 0.3) is 5.91 Å². The van der Waals surface area contributed by atoms with E-state index in [0.717, 1.165) is 30.4 Å². The highest BCUT2D eigenvalue weighted by atomic mass is 32.2. The van der Waals surface area contributed by atoms with Crippen LogP contribution in [0, 0.1) is 5.92 Å². The van der Waals surface area contributed by atoms with Gasteiger partial charge in [0.1, 0.15) is 23.2 Å². The molecule has 5 rings (SSSR count). The van der Waals surface area contributed by atoms with Crippen molar-refractivity contribution in [1.82, 2.24) is 24.6 Å². The topological polar surface area (TPSA) is 154 Å². The quantitative estimate of drug-likeness (QED) is 0.427. The van der Waals surface area contributed by atoms with Crippen LogP contribution in [0.3, 0.4) is 0 Å². The highest BCUT2D eigenvalue weighted by Crippen LogP contribution is 2.45. The molecule has 3 aliphatic heterocycles. The van der Waals surface area contributed by atoms with Gasteiger partial charge in [0.15, 0.2) is 0 Å². The number of allylic oxidation sites excluding steroid dienone is 1. The Hall–Kier alpha value is -3.45. The van der Waals surface area contributed by atoms with Gasteiger partial charge in [-0.2, -0.15) is 12.7 Å². The SMILES string of the molecule is CC(C)(C)OC(=O)N[C@H]1CCCCCC=C[C@@H]2C[C@@]2(C(=O)NS(=O)(=O)N2CCc3ccccc3C2)NC(=O)[C@@H]2CCCN2C1=O. The minimum Gasteiger partial charge on any atom is -0.444 e. The van der Waals surface area contributed by atoms with Crippen LogP contribution in [0.2, 0.25) is 0 Å². The molecule has 0 unspecified atom stereocenters. The molecule has 0 radical (unpaired) electrons. The van der Waals surface area contributed by atoms with Crippen molar-refractivity contribution in [2.75, 3.05) is 13.1 Å². The van der Waals surface area contributed by atoms with E-state index in [-0.39, 0.29) is 31.3 Å². The summed E-state index contributed by atoms with van der Waals surface area (Å²) < 4.78 is 35.7. The summed E-state index contributed by atoms with van der Waals surface area (Å²) in [6.45, 7) is 5.95. The lowest BCUT2D eigenvalue weighted by molar-refractivity contribution is -0.141. The third-order valence-corrected chi connectivity index (χ3v) is 10.4. The molecular formula is C32H45N5O7S. The summed E-state index contributed by atoms with van der Waals surface area (Å²) in [5.74, 6) is -2.04. The number of amides is 4. The van der Waals surface area contributed by atoms with Crippen molar-refractivity contribution in [1.29, 1.82) is 0 Å². The molecular weight excluding hydrogens is 598 g/mol. The molecule has 2 fully saturated rings. The van der Waals surface area contributed by atoms with Crippen molar-refractivity contribution in [2.24, 2.45) is 5.92 Å². The fraction of sp³-hybridized carbons (Fsp3) is 0.625. The third-order valence-electron chi connectivity index (χ3n) is 8.98. The van der Waals surface area contributed by atoms with E-state index < -0.39 is 51.3 Å². The molecule has 13 heteroatoms. The van der Waals surface area contributed by atoms with Crippen LogP contribution in [0.1, 0.15) is 83.3 Å². The maximum absolute atomic E-state index is 13.8. The number of hydrogen-bond donors (Lipinski definition) is 3. The number of nitrogens with one attached hydrogen (secondary N) is 3. The fourth-order valence-corrected chi connectivity index (χ4v) is 7.68. The second-order valence-corrected chi connectivity index (χ2v) is 15.2. The number of rotatable bonds is 4. The van der Waals surface area contributed by atoms with Crippen LogP contribution in [0.25, 0.3) is 0 Å². The number of hydrogen-bond acceptors (Lipinski definition) is 7. The predicted octanol–water partition coefficient (Wildman–Crippen LogP) is 2.69. The van der Waals surface area contributed by atoms with Crippen LogP contribution in [-0.4, -0.2) is 77.8 Å². The Kier molecular flexibility index (Phi) is 9.60. The Labute approximate surface area is 265 Å². The zero-order valence-corrected chi connectivity index (χ0v) is 27.2. The monoisotopic (exact) mass is 643 g/mol. The van der Waals surface area contributed by atoms with Gasteiger partial charge in [0, 0.05) is 25.6 Å². The van der Waals surface area contributed by atoms with E-state index in [1.54, 1.807) is 20.8 Å². The Morgan fingerprint density at radius 2 is 1.78 bits per heavy atom. The minimum absolute atomic E-state index is 0.152. The zero-order valence-electron chi connectivity index (χ0n) is 26.3. The van der Waals surface area contributed by atoms with Gasteiger partial charge < -0.3 is 20.3 Å². The molecule has 1 aromatic carbocycles. The first-order valence-corrected chi connectivity index (χ1v) is 17.4. The minimum atomic E-state index is -4.19. The Balaban J connectivity index is 1.33. The Bertz CT molecular complexity index is 1460. The van der Waals surface area contributed by atoms with E-state index in [1.165, 1.54) is 9.21 Å². The molecule has 0 aromatic heterocycles. The van der Waals surface area contributed by atoms with Crippen molar-refractivity contribution in [3.05, 3.63) is 47.5 Å². The van der Waals surface area contributed by atoms with Gasteiger partial charge in [-0.05, 0) is 76.8 Å².